The fraction of sp³-hybridized carbons (Fsp3) is 0.625. The number of rotatable bonds is 8. The van der Waals surface area contributed by atoms with Crippen molar-refractivity contribution >= 4 is 0 Å². The first kappa shape index (κ1) is 14.5. The summed E-state index contributed by atoms with van der Waals surface area (Å²) in [5, 5.41) is 3.49. The lowest BCUT2D eigenvalue weighted by molar-refractivity contribution is 0.271. The monoisotopic (exact) mass is 264 g/mol. The minimum absolute atomic E-state index is 0.101. The second-order valence-electron chi connectivity index (χ2n) is 5.30. The Labute approximate surface area is 116 Å². The normalized spacial score (nSPS) is 16.8. The molecule has 1 aliphatic carbocycles. The molecule has 0 aromatic heterocycles. The molecular formula is C16H25FN2. The van der Waals surface area contributed by atoms with Crippen molar-refractivity contribution in [3.05, 3.63) is 35.6 Å². The van der Waals surface area contributed by atoms with Crippen molar-refractivity contribution in [3.63, 3.8) is 0 Å². The van der Waals surface area contributed by atoms with Gasteiger partial charge >= 0.3 is 0 Å². The maximum atomic E-state index is 13.8. The quantitative estimate of drug-likeness (QED) is 0.774. The third kappa shape index (κ3) is 4.02. The zero-order valence-corrected chi connectivity index (χ0v) is 12.0. The van der Waals surface area contributed by atoms with Crippen LogP contribution >= 0.6 is 0 Å². The average molecular weight is 264 g/mol. The van der Waals surface area contributed by atoms with Crippen LogP contribution in [0.15, 0.2) is 24.3 Å². The molecule has 19 heavy (non-hydrogen) atoms. The van der Waals surface area contributed by atoms with Crippen LogP contribution in [0, 0.1) is 5.82 Å². The van der Waals surface area contributed by atoms with Crippen LogP contribution in [0.4, 0.5) is 4.39 Å². The second kappa shape index (κ2) is 7.01. The highest BCUT2D eigenvalue weighted by atomic mass is 19.1. The smallest absolute Gasteiger partial charge is 0.127 e. The number of hydrogen-bond donors (Lipinski definition) is 1. The molecule has 1 N–H and O–H groups in total. The van der Waals surface area contributed by atoms with E-state index >= 15 is 0 Å². The van der Waals surface area contributed by atoms with Crippen LogP contribution in [-0.4, -0.2) is 30.6 Å². The Hall–Kier alpha value is -0.930. The lowest BCUT2D eigenvalue weighted by Crippen LogP contribution is -2.35. The van der Waals surface area contributed by atoms with Gasteiger partial charge in [0.05, 0.1) is 0 Å². The van der Waals surface area contributed by atoms with E-state index in [1.807, 2.05) is 12.1 Å². The van der Waals surface area contributed by atoms with Gasteiger partial charge in [-0.05, 0) is 31.9 Å². The molecule has 106 valence electrons. The highest BCUT2D eigenvalue weighted by Gasteiger charge is 2.27. The molecule has 0 heterocycles. The third-order valence-electron chi connectivity index (χ3n) is 3.95. The number of hydrogen-bond acceptors (Lipinski definition) is 2. The molecule has 3 heteroatoms. The van der Waals surface area contributed by atoms with Gasteiger partial charge < -0.3 is 5.32 Å². The summed E-state index contributed by atoms with van der Waals surface area (Å²) in [5.41, 5.74) is 0.791. The number of nitrogens with zero attached hydrogens (tertiary/aromatic N) is 1. The van der Waals surface area contributed by atoms with Crippen molar-refractivity contribution in [2.24, 2.45) is 0 Å². The maximum Gasteiger partial charge on any atom is 0.127 e. The molecule has 1 fully saturated rings. The molecule has 0 aliphatic heterocycles. The second-order valence-corrected chi connectivity index (χ2v) is 5.30. The molecule has 1 aromatic carbocycles. The van der Waals surface area contributed by atoms with Crippen LogP contribution in [0.1, 0.15) is 44.7 Å². The molecule has 1 saturated carbocycles. The molecule has 1 unspecified atom stereocenters. The zero-order chi connectivity index (χ0) is 13.7. The van der Waals surface area contributed by atoms with Gasteiger partial charge in [-0.2, -0.15) is 0 Å². The van der Waals surface area contributed by atoms with Gasteiger partial charge in [-0.25, -0.2) is 4.39 Å². The van der Waals surface area contributed by atoms with E-state index in [1.165, 1.54) is 12.8 Å². The largest absolute Gasteiger partial charge is 0.309 e. The molecule has 0 radical (unpaired) electrons. The minimum atomic E-state index is -0.101. The topological polar surface area (TPSA) is 15.3 Å². The lowest BCUT2D eigenvalue weighted by Gasteiger charge is -2.23. The van der Waals surface area contributed by atoms with Gasteiger partial charge in [0.15, 0.2) is 0 Å². The highest BCUT2D eigenvalue weighted by Crippen LogP contribution is 2.26. The van der Waals surface area contributed by atoms with E-state index in [4.69, 9.17) is 0 Å². The first-order chi connectivity index (χ1) is 9.26. The van der Waals surface area contributed by atoms with Gasteiger partial charge in [0.2, 0.25) is 0 Å². The predicted molar refractivity (Wildman–Crippen MR) is 77.7 cm³/mol. The Morgan fingerprint density at radius 2 is 2.05 bits per heavy atom. The summed E-state index contributed by atoms with van der Waals surface area (Å²) >= 11 is 0. The molecule has 0 bridgehead atoms. The van der Waals surface area contributed by atoms with Crippen molar-refractivity contribution in [1.29, 1.82) is 0 Å². The van der Waals surface area contributed by atoms with Gasteiger partial charge in [-0.3, -0.25) is 4.90 Å². The van der Waals surface area contributed by atoms with E-state index in [0.717, 1.165) is 37.7 Å². The van der Waals surface area contributed by atoms with E-state index < -0.39 is 0 Å². The third-order valence-corrected chi connectivity index (χ3v) is 3.95. The molecule has 1 atom stereocenters. The summed E-state index contributed by atoms with van der Waals surface area (Å²) < 4.78 is 13.8. The SMILES string of the molecule is CCC(NCCN(CC)C1CC1)c1ccccc1F. The number of likely N-dealkylation sites (N-methyl/N-ethyl adjacent to an activating group) is 1. The van der Waals surface area contributed by atoms with Crippen molar-refractivity contribution in [3.8, 4) is 0 Å². The Kier molecular flexibility index (Phi) is 5.34. The Balaban J connectivity index is 1.84. The molecule has 0 spiro atoms. The fourth-order valence-electron chi connectivity index (χ4n) is 2.65. The zero-order valence-electron chi connectivity index (χ0n) is 12.0. The van der Waals surface area contributed by atoms with Gasteiger partial charge in [0.25, 0.3) is 0 Å². The number of nitrogens with one attached hydrogen (secondary N) is 1. The maximum absolute atomic E-state index is 13.8. The lowest BCUT2D eigenvalue weighted by atomic mass is 10.0. The Morgan fingerprint density at radius 3 is 2.63 bits per heavy atom. The molecular weight excluding hydrogens is 239 g/mol. The van der Waals surface area contributed by atoms with E-state index in [2.05, 4.69) is 24.1 Å². The summed E-state index contributed by atoms with van der Waals surface area (Å²) in [6, 6.07) is 8.01. The fourth-order valence-corrected chi connectivity index (χ4v) is 2.65. The molecule has 1 aliphatic rings. The van der Waals surface area contributed by atoms with E-state index in [-0.39, 0.29) is 11.9 Å². The number of benzene rings is 1. The van der Waals surface area contributed by atoms with Crippen LogP contribution in [0.2, 0.25) is 0 Å². The van der Waals surface area contributed by atoms with Crippen LogP contribution in [0.3, 0.4) is 0 Å². The average Bonchev–Trinajstić information content (AvgIpc) is 3.25. The van der Waals surface area contributed by atoms with Gasteiger partial charge in [-0.1, -0.05) is 32.0 Å². The first-order valence-electron chi connectivity index (χ1n) is 7.48. The van der Waals surface area contributed by atoms with Gasteiger partial charge in [0, 0.05) is 30.7 Å². The summed E-state index contributed by atoms with van der Waals surface area (Å²) in [4.78, 5) is 2.51. The van der Waals surface area contributed by atoms with E-state index in [9.17, 15) is 4.39 Å². The summed E-state index contributed by atoms with van der Waals surface area (Å²) in [6.07, 6.45) is 3.60. The summed E-state index contributed by atoms with van der Waals surface area (Å²) in [7, 11) is 0. The standard InChI is InChI=1S/C16H25FN2/c1-3-16(14-7-5-6-8-15(14)17)18-11-12-19(4-2)13-9-10-13/h5-8,13,16,18H,3-4,9-12H2,1-2H3. The van der Waals surface area contributed by atoms with E-state index in [1.54, 1.807) is 12.1 Å². The van der Waals surface area contributed by atoms with Gasteiger partial charge in [0.1, 0.15) is 5.82 Å². The molecule has 2 nitrogen and oxygen atoms in total. The molecule has 0 amide bonds. The number of halogens is 1. The van der Waals surface area contributed by atoms with Crippen LogP contribution in [0.5, 0.6) is 0 Å². The highest BCUT2D eigenvalue weighted by molar-refractivity contribution is 5.21. The molecule has 0 saturated heterocycles. The van der Waals surface area contributed by atoms with Crippen LogP contribution in [0.25, 0.3) is 0 Å². The van der Waals surface area contributed by atoms with Gasteiger partial charge in [-0.15, -0.1) is 0 Å². The Morgan fingerprint density at radius 1 is 1.32 bits per heavy atom. The summed E-state index contributed by atoms with van der Waals surface area (Å²) in [5.74, 6) is -0.101. The van der Waals surface area contributed by atoms with Crippen LogP contribution in [-0.2, 0) is 0 Å². The van der Waals surface area contributed by atoms with Crippen LogP contribution < -0.4 is 5.32 Å². The van der Waals surface area contributed by atoms with E-state index in [0.29, 0.717) is 0 Å². The Bertz CT molecular complexity index is 390. The van der Waals surface area contributed by atoms with Crippen molar-refractivity contribution in [2.45, 2.75) is 45.2 Å². The predicted octanol–water partition coefficient (Wildman–Crippen LogP) is 3.35. The minimum Gasteiger partial charge on any atom is -0.309 e. The summed E-state index contributed by atoms with van der Waals surface area (Å²) in [6.45, 7) is 7.42. The molecule has 1 aromatic rings. The first-order valence-corrected chi connectivity index (χ1v) is 7.48. The van der Waals surface area contributed by atoms with Crippen molar-refractivity contribution < 1.29 is 4.39 Å². The van der Waals surface area contributed by atoms with Crippen molar-refractivity contribution in [2.75, 3.05) is 19.6 Å². The van der Waals surface area contributed by atoms with Crippen molar-refractivity contribution in [1.82, 2.24) is 10.2 Å². The molecule has 2 rings (SSSR count).